The molecule has 0 amide bonds. The van der Waals surface area contributed by atoms with Crippen molar-refractivity contribution in [1.82, 2.24) is 5.48 Å². The molecule has 86 valence electrons. The van der Waals surface area contributed by atoms with E-state index in [1.165, 1.54) is 9.75 Å². The molecule has 15 heavy (non-hydrogen) atoms. The SMILES string of the molecule is CCc1ccc(C(C)NOCC(C)C)s1. The van der Waals surface area contributed by atoms with Gasteiger partial charge < -0.3 is 4.84 Å². The average molecular weight is 227 g/mol. The largest absolute Gasteiger partial charge is 0.301 e. The zero-order valence-corrected chi connectivity index (χ0v) is 10.9. The summed E-state index contributed by atoms with van der Waals surface area (Å²) < 4.78 is 0. The van der Waals surface area contributed by atoms with Gasteiger partial charge in [0.1, 0.15) is 0 Å². The maximum absolute atomic E-state index is 5.41. The van der Waals surface area contributed by atoms with Gasteiger partial charge in [-0.1, -0.05) is 20.8 Å². The minimum absolute atomic E-state index is 0.286. The maximum atomic E-state index is 5.41. The molecule has 0 aromatic carbocycles. The summed E-state index contributed by atoms with van der Waals surface area (Å²) in [7, 11) is 0. The normalized spacial score (nSPS) is 13.4. The molecule has 1 heterocycles. The van der Waals surface area contributed by atoms with Crippen LogP contribution in [0.4, 0.5) is 0 Å². The molecule has 0 saturated carbocycles. The number of thiophene rings is 1. The molecule has 0 saturated heterocycles. The van der Waals surface area contributed by atoms with Gasteiger partial charge in [-0.2, -0.15) is 5.48 Å². The van der Waals surface area contributed by atoms with E-state index in [0.717, 1.165) is 13.0 Å². The summed E-state index contributed by atoms with van der Waals surface area (Å²) >= 11 is 1.86. The van der Waals surface area contributed by atoms with Crippen LogP contribution in [-0.4, -0.2) is 6.61 Å². The first-order valence-electron chi connectivity index (χ1n) is 5.59. The zero-order valence-electron chi connectivity index (χ0n) is 10.0. The molecular formula is C12H21NOS. The van der Waals surface area contributed by atoms with Crippen LogP contribution < -0.4 is 5.48 Å². The molecule has 1 unspecified atom stereocenters. The molecule has 0 aliphatic heterocycles. The Morgan fingerprint density at radius 1 is 1.33 bits per heavy atom. The molecule has 0 aliphatic rings. The lowest BCUT2D eigenvalue weighted by atomic mass is 10.2. The van der Waals surface area contributed by atoms with E-state index >= 15 is 0 Å². The third-order valence-corrected chi connectivity index (χ3v) is 3.55. The van der Waals surface area contributed by atoms with Crippen LogP contribution in [0.1, 0.15) is 43.5 Å². The molecule has 0 aliphatic carbocycles. The molecule has 0 spiro atoms. The van der Waals surface area contributed by atoms with Crippen LogP contribution in [-0.2, 0) is 11.3 Å². The second kappa shape index (κ2) is 6.26. The number of nitrogens with one attached hydrogen (secondary N) is 1. The summed E-state index contributed by atoms with van der Waals surface area (Å²) in [5.74, 6) is 0.569. The molecule has 1 N–H and O–H groups in total. The van der Waals surface area contributed by atoms with Crippen molar-refractivity contribution in [3.63, 3.8) is 0 Å². The van der Waals surface area contributed by atoms with E-state index in [-0.39, 0.29) is 6.04 Å². The molecule has 3 heteroatoms. The fourth-order valence-electron chi connectivity index (χ4n) is 1.22. The zero-order chi connectivity index (χ0) is 11.3. The first kappa shape index (κ1) is 12.7. The Hall–Kier alpha value is -0.380. The Bertz CT molecular complexity index is 283. The first-order valence-corrected chi connectivity index (χ1v) is 6.41. The smallest absolute Gasteiger partial charge is 0.0705 e. The number of hydrogen-bond donors (Lipinski definition) is 1. The second-order valence-corrected chi connectivity index (χ2v) is 5.40. The van der Waals surface area contributed by atoms with Crippen molar-refractivity contribution in [2.24, 2.45) is 5.92 Å². The van der Waals surface area contributed by atoms with Crippen LogP contribution in [0, 0.1) is 5.92 Å². The fraction of sp³-hybridized carbons (Fsp3) is 0.667. The molecule has 0 fully saturated rings. The Labute approximate surface area is 96.6 Å². The van der Waals surface area contributed by atoms with Crippen molar-refractivity contribution in [3.8, 4) is 0 Å². The summed E-state index contributed by atoms with van der Waals surface area (Å²) in [4.78, 5) is 8.19. The van der Waals surface area contributed by atoms with Gasteiger partial charge in [-0.05, 0) is 31.4 Å². The van der Waals surface area contributed by atoms with Gasteiger partial charge in [-0.25, -0.2) is 0 Å². The Morgan fingerprint density at radius 2 is 2.07 bits per heavy atom. The predicted octanol–water partition coefficient (Wildman–Crippen LogP) is 3.55. The summed E-state index contributed by atoms with van der Waals surface area (Å²) in [5.41, 5.74) is 3.08. The quantitative estimate of drug-likeness (QED) is 0.750. The summed E-state index contributed by atoms with van der Waals surface area (Å²) in [5, 5.41) is 0. The molecule has 1 rings (SSSR count). The van der Waals surface area contributed by atoms with E-state index in [1.807, 2.05) is 11.3 Å². The van der Waals surface area contributed by atoms with Crippen LogP contribution in [0.3, 0.4) is 0 Å². The first-order chi connectivity index (χ1) is 7.13. The molecule has 2 nitrogen and oxygen atoms in total. The molecule has 1 atom stereocenters. The lowest BCUT2D eigenvalue weighted by Gasteiger charge is -2.13. The predicted molar refractivity (Wildman–Crippen MR) is 66.0 cm³/mol. The topological polar surface area (TPSA) is 21.3 Å². The number of hydrogen-bond acceptors (Lipinski definition) is 3. The van der Waals surface area contributed by atoms with E-state index in [4.69, 9.17) is 4.84 Å². The van der Waals surface area contributed by atoms with Gasteiger partial charge in [-0.3, -0.25) is 0 Å². The summed E-state index contributed by atoms with van der Waals surface area (Å²) in [6, 6.07) is 4.66. The molecular weight excluding hydrogens is 206 g/mol. The van der Waals surface area contributed by atoms with Crippen LogP contribution in [0.25, 0.3) is 0 Å². The van der Waals surface area contributed by atoms with Gasteiger partial charge in [0.2, 0.25) is 0 Å². The van der Waals surface area contributed by atoms with E-state index in [9.17, 15) is 0 Å². The van der Waals surface area contributed by atoms with Crippen molar-refractivity contribution in [1.29, 1.82) is 0 Å². The lowest BCUT2D eigenvalue weighted by Crippen LogP contribution is -2.20. The minimum Gasteiger partial charge on any atom is -0.301 e. The average Bonchev–Trinajstić information content (AvgIpc) is 2.65. The number of aryl methyl sites for hydroxylation is 1. The van der Waals surface area contributed by atoms with Crippen molar-refractivity contribution in [2.75, 3.05) is 6.61 Å². The molecule has 1 aromatic heterocycles. The summed E-state index contributed by atoms with van der Waals surface area (Å²) in [6.45, 7) is 9.37. The van der Waals surface area contributed by atoms with Crippen molar-refractivity contribution in [3.05, 3.63) is 21.9 Å². The number of hydroxylamine groups is 1. The maximum Gasteiger partial charge on any atom is 0.0705 e. The highest BCUT2D eigenvalue weighted by molar-refractivity contribution is 7.12. The van der Waals surface area contributed by atoms with E-state index in [0.29, 0.717) is 5.92 Å². The fourth-order valence-corrected chi connectivity index (χ4v) is 2.16. The molecule has 0 bridgehead atoms. The van der Waals surface area contributed by atoms with Gasteiger partial charge in [0.15, 0.2) is 0 Å². The monoisotopic (exact) mass is 227 g/mol. The Balaban J connectivity index is 2.36. The minimum atomic E-state index is 0.286. The van der Waals surface area contributed by atoms with Gasteiger partial charge in [0.25, 0.3) is 0 Å². The highest BCUT2D eigenvalue weighted by Gasteiger charge is 2.08. The molecule has 1 aromatic rings. The van der Waals surface area contributed by atoms with Crippen LogP contribution >= 0.6 is 11.3 Å². The van der Waals surface area contributed by atoms with Crippen LogP contribution in [0.2, 0.25) is 0 Å². The van der Waals surface area contributed by atoms with Crippen molar-refractivity contribution < 1.29 is 4.84 Å². The van der Waals surface area contributed by atoms with Crippen LogP contribution in [0.15, 0.2) is 12.1 Å². The highest BCUT2D eigenvalue weighted by Crippen LogP contribution is 2.23. The van der Waals surface area contributed by atoms with Gasteiger partial charge >= 0.3 is 0 Å². The van der Waals surface area contributed by atoms with Crippen LogP contribution in [0.5, 0.6) is 0 Å². The van der Waals surface area contributed by atoms with Gasteiger partial charge in [0, 0.05) is 9.75 Å². The third kappa shape index (κ3) is 4.33. The van der Waals surface area contributed by atoms with Crippen molar-refractivity contribution >= 4 is 11.3 Å². The van der Waals surface area contributed by atoms with Crippen molar-refractivity contribution in [2.45, 2.75) is 40.2 Å². The Morgan fingerprint density at radius 3 is 2.60 bits per heavy atom. The Kier molecular flexibility index (Phi) is 5.29. The van der Waals surface area contributed by atoms with E-state index in [2.05, 4.69) is 45.3 Å². The van der Waals surface area contributed by atoms with E-state index < -0.39 is 0 Å². The van der Waals surface area contributed by atoms with Gasteiger partial charge in [-0.15, -0.1) is 11.3 Å². The molecule has 0 radical (unpaired) electrons. The van der Waals surface area contributed by atoms with E-state index in [1.54, 1.807) is 0 Å². The standard InChI is InChI=1S/C12H21NOS/c1-5-11-6-7-12(15-11)10(4)13-14-8-9(2)3/h6-7,9-10,13H,5,8H2,1-4H3. The number of rotatable bonds is 6. The highest BCUT2D eigenvalue weighted by atomic mass is 32.1. The third-order valence-electron chi connectivity index (χ3n) is 2.13. The summed E-state index contributed by atoms with van der Waals surface area (Å²) in [6.07, 6.45) is 1.12. The second-order valence-electron chi connectivity index (χ2n) is 4.20. The lowest BCUT2D eigenvalue weighted by molar-refractivity contribution is 0.00478. The van der Waals surface area contributed by atoms with Gasteiger partial charge in [0.05, 0.1) is 12.6 Å².